The molecule has 30 heavy (non-hydrogen) atoms. The van der Waals surface area contributed by atoms with Gasteiger partial charge in [-0.1, -0.05) is 12.1 Å². The minimum absolute atomic E-state index is 0.0218. The van der Waals surface area contributed by atoms with Gasteiger partial charge in [0, 0.05) is 43.0 Å². The number of pyridine rings is 1. The molecule has 152 valence electrons. The van der Waals surface area contributed by atoms with Crippen LogP contribution in [0.3, 0.4) is 0 Å². The summed E-state index contributed by atoms with van der Waals surface area (Å²) in [7, 11) is 0. The zero-order valence-corrected chi connectivity index (χ0v) is 16.6. The van der Waals surface area contributed by atoms with Gasteiger partial charge in [-0.15, -0.1) is 0 Å². The van der Waals surface area contributed by atoms with Crippen LogP contribution < -0.4 is 10.6 Å². The van der Waals surface area contributed by atoms with E-state index in [-0.39, 0.29) is 18.5 Å². The molecular weight excluding hydrogens is 378 g/mol. The van der Waals surface area contributed by atoms with E-state index in [9.17, 15) is 4.79 Å². The van der Waals surface area contributed by atoms with E-state index < -0.39 is 0 Å². The largest absolute Gasteiger partial charge is 0.368 e. The molecule has 0 saturated carbocycles. The molecule has 1 aromatic carbocycles. The fourth-order valence-electron chi connectivity index (χ4n) is 3.61. The number of hydrogen-bond donors (Lipinski definition) is 2. The number of nitrogens with one attached hydrogen (secondary N) is 2. The number of carbonyl (C=O) groups is 1. The van der Waals surface area contributed by atoms with E-state index in [0.717, 1.165) is 35.1 Å². The van der Waals surface area contributed by atoms with Gasteiger partial charge in [-0.2, -0.15) is 5.26 Å². The molecule has 0 unspecified atom stereocenters. The average Bonchev–Trinajstić information content (AvgIpc) is 3.28. The van der Waals surface area contributed by atoms with Gasteiger partial charge in [-0.3, -0.25) is 9.78 Å². The van der Waals surface area contributed by atoms with Gasteiger partial charge in [0.1, 0.15) is 11.9 Å². The smallest absolute Gasteiger partial charge is 0.237 e. The first kappa shape index (κ1) is 19.7. The minimum Gasteiger partial charge on any atom is -0.368 e. The molecule has 1 saturated heterocycles. The standard InChI is InChI=1S/C22H23N7O/c23-14-17-4-3-13-29(17)20(30)15-25-11-12-26-22-18-5-1-2-6-19(18)27-21(28-22)16-7-9-24-10-8-16/h1-2,5-10,17,25H,3-4,11-13,15H2,(H,26,27,28)/t17-/m0/s1. The summed E-state index contributed by atoms with van der Waals surface area (Å²) in [6.45, 7) is 2.10. The van der Waals surface area contributed by atoms with Gasteiger partial charge in [-0.25, -0.2) is 9.97 Å². The third-order valence-electron chi connectivity index (χ3n) is 5.13. The van der Waals surface area contributed by atoms with Crippen LogP contribution in [0.5, 0.6) is 0 Å². The Hall–Kier alpha value is -3.57. The highest BCUT2D eigenvalue weighted by molar-refractivity contribution is 5.90. The fourth-order valence-corrected chi connectivity index (χ4v) is 3.61. The Morgan fingerprint density at radius 3 is 2.83 bits per heavy atom. The van der Waals surface area contributed by atoms with E-state index in [1.807, 2.05) is 36.4 Å². The Labute approximate surface area is 175 Å². The van der Waals surface area contributed by atoms with Crippen LogP contribution in [-0.2, 0) is 4.79 Å². The molecule has 0 aliphatic carbocycles. The van der Waals surface area contributed by atoms with Crippen LogP contribution >= 0.6 is 0 Å². The number of amides is 1. The highest BCUT2D eigenvalue weighted by Gasteiger charge is 2.27. The average molecular weight is 401 g/mol. The summed E-state index contributed by atoms with van der Waals surface area (Å²) in [5.41, 5.74) is 1.77. The lowest BCUT2D eigenvalue weighted by molar-refractivity contribution is -0.130. The van der Waals surface area contributed by atoms with Crippen molar-refractivity contribution in [3.63, 3.8) is 0 Å². The number of fused-ring (bicyclic) bond motifs is 1. The van der Waals surface area contributed by atoms with Crippen LogP contribution in [0, 0.1) is 11.3 Å². The molecule has 3 heterocycles. The number of benzene rings is 1. The molecular formula is C22H23N7O. The van der Waals surface area contributed by atoms with E-state index in [1.165, 1.54) is 0 Å². The van der Waals surface area contributed by atoms with Crippen molar-refractivity contribution in [2.24, 2.45) is 0 Å². The number of carbonyl (C=O) groups excluding carboxylic acids is 1. The normalized spacial score (nSPS) is 15.8. The third-order valence-corrected chi connectivity index (χ3v) is 5.13. The maximum atomic E-state index is 12.3. The first-order valence-corrected chi connectivity index (χ1v) is 10.1. The summed E-state index contributed by atoms with van der Waals surface area (Å²) in [4.78, 5) is 27.4. The topological polar surface area (TPSA) is 107 Å². The maximum absolute atomic E-state index is 12.3. The first-order valence-electron chi connectivity index (χ1n) is 10.1. The van der Waals surface area contributed by atoms with Gasteiger partial charge in [0.2, 0.25) is 5.91 Å². The maximum Gasteiger partial charge on any atom is 0.237 e. The zero-order valence-electron chi connectivity index (χ0n) is 16.6. The van der Waals surface area contributed by atoms with Crippen LogP contribution in [0.15, 0.2) is 48.8 Å². The van der Waals surface area contributed by atoms with Gasteiger partial charge < -0.3 is 15.5 Å². The summed E-state index contributed by atoms with van der Waals surface area (Å²) in [6, 6.07) is 13.5. The molecule has 1 aliphatic rings. The lowest BCUT2D eigenvalue weighted by Gasteiger charge is -2.19. The van der Waals surface area contributed by atoms with E-state index in [4.69, 9.17) is 10.2 Å². The highest BCUT2D eigenvalue weighted by Crippen LogP contribution is 2.24. The highest BCUT2D eigenvalue weighted by atomic mass is 16.2. The van der Waals surface area contributed by atoms with E-state index in [1.54, 1.807) is 17.3 Å². The molecule has 4 rings (SSSR count). The number of hydrogen-bond acceptors (Lipinski definition) is 7. The Balaban J connectivity index is 1.38. The van der Waals surface area contributed by atoms with Crippen LogP contribution in [0.4, 0.5) is 5.82 Å². The van der Waals surface area contributed by atoms with Crippen molar-refractivity contribution in [2.45, 2.75) is 18.9 Å². The molecule has 2 aromatic heterocycles. The van der Waals surface area contributed by atoms with Crippen molar-refractivity contribution in [3.8, 4) is 17.5 Å². The van der Waals surface area contributed by atoms with E-state index >= 15 is 0 Å². The number of nitriles is 1. The molecule has 3 aromatic rings. The molecule has 1 aliphatic heterocycles. The fraction of sp³-hybridized carbons (Fsp3) is 0.318. The summed E-state index contributed by atoms with van der Waals surface area (Å²) < 4.78 is 0. The second-order valence-corrected chi connectivity index (χ2v) is 7.13. The Morgan fingerprint density at radius 2 is 2.00 bits per heavy atom. The number of para-hydroxylation sites is 1. The van der Waals surface area contributed by atoms with Crippen molar-refractivity contribution in [1.82, 2.24) is 25.2 Å². The Kier molecular flexibility index (Phi) is 6.11. The van der Waals surface area contributed by atoms with Crippen molar-refractivity contribution >= 4 is 22.6 Å². The molecule has 0 radical (unpaired) electrons. The zero-order chi connectivity index (χ0) is 20.8. The van der Waals surface area contributed by atoms with Gasteiger partial charge in [0.25, 0.3) is 0 Å². The predicted molar refractivity (Wildman–Crippen MR) is 114 cm³/mol. The van der Waals surface area contributed by atoms with E-state index in [0.29, 0.717) is 25.5 Å². The van der Waals surface area contributed by atoms with Crippen LogP contribution in [0.2, 0.25) is 0 Å². The minimum atomic E-state index is -0.281. The van der Waals surface area contributed by atoms with Gasteiger partial charge >= 0.3 is 0 Å². The van der Waals surface area contributed by atoms with Gasteiger partial charge in [-0.05, 0) is 37.1 Å². The number of rotatable bonds is 7. The third kappa shape index (κ3) is 4.36. The summed E-state index contributed by atoms with van der Waals surface area (Å²) >= 11 is 0. The molecule has 2 N–H and O–H groups in total. The van der Waals surface area contributed by atoms with Crippen molar-refractivity contribution in [3.05, 3.63) is 48.8 Å². The van der Waals surface area contributed by atoms with Crippen LogP contribution in [-0.4, -0.2) is 58.0 Å². The second kappa shape index (κ2) is 9.29. The second-order valence-electron chi connectivity index (χ2n) is 7.13. The number of nitrogens with zero attached hydrogens (tertiary/aromatic N) is 5. The number of likely N-dealkylation sites (tertiary alicyclic amines) is 1. The molecule has 1 fully saturated rings. The molecule has 0 bridgehead atoms. The Morgan fingerprint density at radius 1 is 1.17 bits per heavy atom. The lowest BCUT2D eigenvalue weighted by atomic mass is 10.2. The van der Waals surface area contributed by atoms with Crippen molar-refractivity contribution in [1.29, 1.82) is 5.26 Å². The first-order chi connectivity index (χ1) is 14.8. The quantitative estimate of drug-likeness (QED) is 0.585. The Bertz CT molecular complexity index is 1060. The summed E-state index contributed by atoms with van der Waals surface area (Å²) in [5.74, 6) is 1.37. The summed E-state index contributed by atoms with van der Waals surface area (Å²) in [5, 5.41) is 16.6. The number of anilines is 1. The van der Waals surface area contributed by atoms with Crippen molar-refractivity contribution in [2.75, 3.05) is 31.5 Å². The van der Waals surface area contributed by atoms with E-state index in [2.05, 4.69) is 26.7 Å². The summed E-state index contributed by atoms with van der Waals surface area (Å²) in [6.07, 6.45) is 5.11. The van der Waals surface area contributed by atoms with Crippen LogP contribution in [0.1, 0.15) is 12.8 Å². The van der Waals surface area contributed by atoms with Crippen LogP contribution in [0.25, 0.3) is 22.3 Å². The number of aromatic nitrogens is 3. The predicted octanol–water partition coefficient (Wildman–Crippen LogP) is 2.21. The monoisotopic (exact) mass is 401 g/mol. The van der Waals surface area contributed by atoms with Gasteiger partial charge in [0.15, 0.2) is 5.82 Å². The lowest BCUT2D eigenvalue weighted by Crippen LogP contribution is -2.41. The molecule has 0 spiro atoms. The van der Waals surface area contributed by atoms with Gasteiger partial charge in [0.05, 0.1) is 18.1 Å². The molecule has 1 atom stereocenters. The molecule has 8 heteroatoms. The molecule has 8 nitrogen and oxygen atoms in total. The SMILES string of the molecule is N#C[C@@H]1CCCN1C(=O)CNCCNc1nc(-c2ccncc2)nc2ccccc12. The molecule has 1 amide bonds. The van der Waals surface area contributed by atoms with Crippen molar-refractivity contribution < 1.29 is 4.79 Å².